The van der Waals surface area contributed by atoms with Gasteiger partial charge in [-0.15, -0.1) is 0 Å². The molecule has 0 aromatic carbocycles. The number of aliphatic carboxylic acids is 1. The number of carboxylic acid groups (broad SMARTS) is 1. The molecule has 5 N–H and O–H groups in total. The fraction of sp³-hybridized carbons (Fsp3) is 0.333. The van der Waals surface area contributed by atoms with Crippen molar-refractivity contribution in [2.75, 3.05) is 0 Å². The van der Waals surface area contributed by atoms with Crippen LogP contribution in [0.5, 0.6) is 0 Å². The number of carbonyl (C=O) groups is 1. The Bertz CT molecular complexity index is 103. The van der Waals surface area contributed by atoms with Crippen LogP contribution in [-0.4, -0.2) is 108 Å². The summed E-state index contributed by atoms with van der Waals surface area (Å²) in [5.41, 5.74) is 0. The summed E-state index contributed by atoms with van der Waals surface area (Å²) in [6, 6.07) is 1.47. The molecule has 0 saturated heterocycles. The molecule has 0 spiro atoms. The van der Waals surface area contributed by atoms with Crippen molar-refractivity contribution in [1.29, 1.82) is 5.26 Å². The average Bonchev–Trinajstić information content (AvgIpc) is 1.35. The molecule has 0 atom stereocenters. The number of carboxylic acids is 1. The zero-order valence-corrected chi connectivity index (χ0v) is 10.6. The maximum absolute atomic E-state index is 9.38. The SMILES string of the molecule is N#CCC(=O)O.[Ca+2].[Ca+2].[OH-].[OH-].[OH-].[OH-]. The fourth-order valence-corrected chi connectivity index (χ4v) is 0.0676. The Morgan fingerprint density at radius 2 is 1.42 bits per heavy atom. The van der Waals surface area contributed by atoms with E-state index in [0.29, 0.717) is 0 Å². The van der Waals surface area contributed by atoms with E-state index in [1.54, 1.807) is 0 Å². The summed E-state index contributed by atoms with van der Waals surface area (Å²) in [6.07, 6.45) is -0.403. The Balaban J connectivity index is -0.00000000833. The minimum Gasteiger partial charge on any atom is -0.870 e. The summed E-state index contributed by atoms with van der Waals surface area (Å²) in [5.74, 6) is -1.07. The van der Waals surface area contributed by atoms with E-state index in [4.69, 9.17) is 10.4 Å². The van der Waals surface area contributed by atoms with Crippen LogP contribution in [0.3, 0.4) is 0 Å². The first-order chi connectivity index (χ1) is 2.77. The molecular formula is C3H7Ca2NO6. The summed E-state index contributed by atoms with van der Waals surface area (Å²) in [7, 11) is 0. The predicted molar refractivity (Wildman–Crippen MR) is 37.1 cm³/mol. The molecule has 64 valence electrons. The minimum atomic E-state index is -1.07. The zero-order valence-electron chi connectivity index (χ0n) is 6.21. The summed E-state index contributed by atoms with van der Waals surface area (Å²) in [4.78, 5) is 9.38. The van der Waals surface area contributed by atoms with Gasteiger partial charge in [-0.3, -0.25) is 4.79 Å². The molecule has 0 fully saturated rings. The van der Waals surface area contributed by atoms with E-state index < -0.39 is 12.4 Å². The third-order valence-electron chi connectivity index (χ3n) is 0.230. The van der Waals surface area contributed by atoms with E-state index in [1.807, 2.05) is 0 Å². The zero-order chi connectivity index (χ0) is 4.99. The summed E-state index contributed by atoms with van der Waals surface area (Å²) in [5, 5.41) is 15.3. The van der Waals surface area contributed by atoms with Crippen LogP contribution in [0.15, 0.2) is 0 Å². The van der Waals surface area contributed by atoms with E-state index in [-0.39, 0.29) is 97.4 Å². The second kappa shape index (κ2) is 39.5. The maximum Gasteiger partial charge on any atom is 2.00 e. The van der Waals surface area contributed by atoms with Crippen LogP contribution in [0, 0.1) is 11.3 Å². The Kier molecular flexibility index (Phi) is 167. The van der Waals surface area contributed by atoms with Crippen molar-refractivity contribution in [3.63, 3.8) is 0 Å². The van der Waals surface area contributed by atoms with Crippen molar-refractivity contribution in [2.45, 2.75) is 6.42 Å². The Morgan fingerprint density at radius 3 is 1.42 bits per heavy atom. The van der Waals surface area contributed by atoms with Crippen LogP contribution >= 0.6 is 0 Å². The van der Waals surface area contributed by atoms with Gasteiger partial charge in [-0.05, 0) is 0 Å². The average molecular weight is 233 g/mol. The molecule has 0 aliphatic rings. The van der Waals surface area contributed by atoms with E-state index in [1.165, 1.54) is 6.07 Å². The fourth-order valence-electron chi connectivity index (χ4n) is 0.0676. The molecule has 0 radical (unpaired) electrons. The molecule has 0 aromatic rings. The van der Waals surface area contributed by atoms with Crippen LogP contribution in [0.2, 0.25) is 0 Å². The van der Waals surface area contributed by atoms with E-state index in [2.05, 4.69) is 0 Å². The number of hydrogen-bond donors (Lipinski definition) is 1. The molecule has 0 rings (SSSR count). The topological polar surface area (TPSA) is 181 Å². The van der Waals surface area contributed by atoms with Crippen molar-refractivity contribution < 1.29 is 31.8 Å². The maximum atomic E-state index is 9.38. The van der Waals surface area contributed by atoms with Gasteiger partial charge in [0.2, 0.25) is 0 Å². The Labute approximate surface area is 129 Å². The summed E-state index contributed by atoms with van der Waals surface area (Å²) >= 11 is 0. The van der Waals surface area contributed by atoms with Crippen LogP contribution in [0.1, 0.15) is 6.42 Å². The monoisotopic (exact) mass is 233 g/mol. The Morgan fingerprint density at radius 1 is 1.17 bits per heavy atom. The first-order valence-electron chi connectivity index (χ1n) is 1.36. The first kappa shape index (κ1) is 50.6. The van der Waals surface area contributed by atoms with Gasteiger partial charge in [0.05, 0.1) is 6.07 Å². The van der Waals surface area contributed by atoms with Crippen LogP contribution < -0.4 is 0 Å². The van der Waals surface area contributed by atoms with Crippen LogP contribution in [-0.2, 0) is 4.79 Å². The minimum absolute atomic E-state index is 0. The van der Waals surface area contributed by atoms with Gasteiger partial charge in [0, 0.05) is 0 Å². The smallest absolute Gasteiger partial charge is 0.870 e. The van der Waals surface area contributed by atoms with Crippen LogP contribution in [0.25, 0.3) is 0 Å². The standard InChI is InChI=1S/C3H3NO2.2Ca.4H2O/c4-2-1-3(5)6;;;;;;/h1H2,(H,5,6);;;4*1H2/q;2*+2;;;;/p-4. The van der Waals surface area contributed by atoms with Gasteiger partial charge in [-0.25, -0.2) is 0 Å². The third kappa shape index (κ3) is 64.6. The summed E-state index contributed by atoms with van der Waals surface area (Å²) in [6.45, 7) is 0. The molecule has 0 bridgehead atoms. The van der Waals surface area contributed by atoms with Crippen molar-refractivity contribution in [2.24, 2.45) is 0 Å². The van der Waals surface area contributed by atoms with Crippen LogP contribution in [0.4, 0.5) is 0 Å². The van der Waals surface area contributed by atoms with Gasteiger partial charge >= 0.3 is 81.4 Å². The second-order valence-electron chi connectivity index (χ2n) is 0.729. The van der Waals surface area contributed by atoms with Crippen molar-refractivity contribution in [3.8, 4) is 6.07 Å². The second-order valence-corrected chi connectivity index (χ2v) is 0.729. The number of rotatable bonds is 1. The molecule has 0 saturated carbocycles. The van der Waals surface area contributed by atoms with Gasteiger partial charge in [0.25, 0.3) is 0 Å². The molecule has 0 aliphatic carbocycles. The first-order valence-corrected chi connectivity index (χ1v) is 1.36. The number of nitrogens with zero attached hydrogens (tertiary/aromatic N) is 1. The summed E-state index contributed by atoms with van der Waals surface area (Å²) < 4.78 is 0. The quantitative estimate of drug-likeness (QED) is 0.535. The molecule has 0 unspecified atom stereocenters. The molecule has 12 heavy (non-hydrogen) atoms. The van der Waals surface area contributed by atoms with E-state index in [9.17, 15) is 4.79 Å². The van der Waals surface area contributed by atoms with Gasteiger partial charge in [-0.2, -0.15) is 5.26 Å². The van der Waals surface area contributed by atoms with Crippen molar-refractivity contribution in [1.82, 2.24) is 0 Å². The molecule has 0 heterocycles. The number of hydrogen-bond acceptors (Lipinski definition) is 6. The van der Waals surface area contributed by atoms with Gasteiger partial charge in [0.1, 0.15) is 6.42 Å². The van der Waals surface area contributed by atoms with Gasteiger partial charge in [0.15, 0.2) is 0 Å². The molecule has 9 heteroatoms. The molecular weight excluding hydrogens is 226 g/mol. The molecule has 0 aromatic heterocycles. The molecule has 0 amide bonds. The normalized spacial score (nSPS) is 3.25. The predicted octanol–water partition coefficient (Wildman–Crippen LogP) is -1.48. The number of nitriles is 1. The molecule has 7 nitrogen and oxygen atoms in total. The van der Waals surface area contributed by atoms with E-state index >= 15 is 0 Å². The van der Waals surface area contributed by atoms with Crippen molar-refractivity contribution >= 4 is 81.4 Å². The third-order valence-corrected chi connectivity index (χ3v) is 0.230. The largest absolute Gasteiger partial charge is 2.00 e. The van der Waals surface area contributed by atoms with E-state index in [0.717, 1.165) is 0 Å². The van der Waals surface area contributed by atoms with Gasteiger partial charge in [-0.1, -0.05) is 0 Å². The van der Waals surface area contributed by atoms with Gasteiger partial charge < -0.3 is 27.0 Å². The Hall–Kier alpha value is 1.32. The van der Waals surface area contributed by atoms with Crippen molar-refractivity contribution in [3.05, 3.63) is 0 Å². The molecule has 0 aliphatic heterocycles.